The minimum Gasteiger partial charge on any atom is -0.350 e. The second-order valence-electron chi connectivity index (χ2n) is 6.33. The molecule has 1 aromatic carbocycles. The second kappa shape index (κ2) is 7.29. The van der Waals surface area contributed by atoms with E-state index < -0.39 is 9.84 Å². The molecule has 26 heavy (non-hydrogen) atoms. The van der Waals surface area contributed by atoms with Gasteiger partial charge in [0.05, 0.1) is 16.6 Å². The molecule has 0 fully saturated rings. The number of hydrogen-bond donors (Lipinski definition) is 1. The number of sulfone groups is 1. The lowest BCUT2D eigenvalue weighted by Crippen LogP contribution is -2.26. The normalized spacial score (nSPS) is 12.8. The SMILES string of the molecule is C[C@@H](NC(=O)CCc1cn2ccccc2n1)c1ccc(S(C)(=O)=O)cc1. The molecule has 1 amide bonds. The summed E-state index contributed by atoms with van der Waals surface area (Å²) in [6.45, 7) is 1.87. The molecule has 0 aliphatic carbocycles. The number of nitrogens with zero attached hydrogens (tertiary/aromatic N) is 2. The van der Waals surface area contributed by atoms with Gasteiger partial charge in [0.2, 0.25) is 5.91 Å². The Morgan fingerprint density at radius 2 is 1.92 bits per heavy atom. The van der Waals surface area contributed by atoms with Gasteiger partial charge in [-0.05, 0) is 43.2 Å². The van der Waals surface area contributed by atoms with Crippen LogP contribution in [0.15, 0.2) is 59.8 Å². The van der Waals surface area contributed by atoms with Crippen LogP contribution in [0.3, 0.4) is 0 Å². The number of amides is 1. The van der Waals surface area contributed by atoms with Crippen LogP contribution in [0.2, 0.25) is 0 Å². The maximum Gasteiger partial charge on any atom is 0.220 e. The second-order valence-corrected chi connectivity index (χ2v) is 8.34. The third-order valence-corrected chi connectivity index (χ3v) is 5.34. The van der Waals surface area contributed by atoms with Crippen molar-refractivity contribution in [3.05, 3.63) is 66.1 Å². The van der Waals surface area contributed by atoms with Gasteiger partial charge in [-0.25, -0.2) is 13.4 Å². The van der Waals surface area contributed by atoms with E-state index in [1.54, 1.807) is 24.3 Å². The highest BCUT2D eigenvalue weighted by Gasteiger charge is 2.12. The minimum absolute atomic E-state index is 0.0678. The summed E-state index contributed by atoms with van der Waals surface area (Å²) in [4.78, 5) is 17.0. The highest BCUT2D eigenvalue weighted by atomic mass is 32.2. The van der Waals surface area contributed by atoms with Crippen molar-refractivity contribution in [1.82, 2.24) is 14.7 Å². The molecule has 0 radical (unpaired) electrons. The van der Waals surface area contributed by atoms with Gasteiger partial charge in [0.15, 0.2) is 9.84 Å². The number of aromatic nitrogens is 2. The molecule has 2 heterocycles. The molecular formula is C19H21N3O3S. The van der Waals surface area contributed by atoms with E-state index in [0.29, 0.717) is 12.8 Å². The van der Waals surface area contributed by atoms with E-state index in [2.05, 4.69) is 10.3 Å². The Bertz CT molecular complexity index is 991. The molecule has 0 spiro atoms. The number of nitrogens with one attached hydrogen (secondary N) is 1. The van der Waals surface area contributed by atoms with Crippen LogP contribution in [0.4, 0.5) is 0 Å². The lowest BCUT2D eigenvalue weighted by molar-refractivity contribution is -0.121. The van der Waals surface area contributed by atoms with E-state index >= 15 is 0 Å². The van der Waals surface area contributed by atoms with E-state index in [1.807, 2.05) is 41.9 Å². The van der Waals surface area contributed by atoms with Crippen molar-refractivity contribution >= 4 is 21.4 Å². The summed E-state index contributed by atoms with van der Waals surface area (Å²) in [5, 5.41) is 2.94. The van der Waals surface area contributed by atoms with E-state index in [-0.39, 0.29) is 16.8 Å². The van der Waals surface area contributed by atoms with E-state index in [4.69, 9.17) is 0 Å². The van der Waals surface area contributed by atoms with Crippen LogP contribution < -0.4 is 5.32 Å². The van der Waals surface area contributed by atoms with Gasteiger partial charge < -0.3 is 9.72 Å². The molecule has 0 saturated heterocycles. The number of carbonyl (C=O) groups is 1. The van der Waals surface area contributed by atoms with Gasteiger partial charge in [0.25, 0.3) is 0 Å². The molecule has 1 N–H and O–H groups in total. The molecule has 0 aliphatic rings. The van der Waals surface area contributed by atoms with Gasteiger partial charge in [-0.2, -0.15) is 0 Å². The zero-order chi connectivity index (χ0) is 18.7. The third-order valence-electron chi connectivity index (χ3n) is 4.21. The van der Waals surface area contributed by atoms with Crippen LogP contribution in [0, 0.1) is 0 Å². The first-order chi connectivity index (χ1) is 12.3. The van der Waals surface area contributed by atoms with Crippen molar-refractivity contribution in [3.8, 4) is 0 Å². The van der Waals surface area contributed by atoms with E-state index in [9.17, 15) is 13.2 Å². The molecule has 2 aromatic heterocycles. The Hall–Kier alpha value is -2.67. The van der Waals surface area contributed by atoms with Crippen molar-refractivity contribution in [2.24, 2.45) is 0 Å². The summed E-state index contributed by atoms with van der Waals surface area (Å²) in [5.74, 6) is -0.0678. The molecule has 0 aliphatic heterocycles. The number of fused-ring (bicyclic) bond motifs is 1. The molecule has 0 bridgehead atoms. The number of carbonyl (C=O) groups excluding carboxylic acids is 1. The largest absolute Gasteiger partial charge is 0.350 e. The average molecular weight is 371 g/mol. The number of rotatable bonds is 6. The zero-order valence-corrected chi connectivity index (χ0v) is 15.5. The molecule has 0 unspecified atom stereocenters. The van der Waals surface area contributed by atoms with Crippen LogP contribution in [-0.4, -0.2) is 30.0 Å². The lowest BCUT2D eigenvalue weighted by atomic mass is 10.1. The van der Waals surface area contributed by atoms with Crippen LogP contribution >= 0.6 is 0 Å². The summed E-state index contributed by atoms with van der Waals surface area (Å²) in [5.41, 5.74) is 2.59. The molecule has 3 rings (SSSR count). The number of imidazole rings is 1. The molecule has 1 atom stereocenters. The predicted octanol–water partition coefficient (Wildman–Crippen LogP) is 2.55. The first-order valence-electron chi connectivity index (χ1n) is 8.35. The van der Waals surface area contributed by atoms with E-state index in [1.165, 1.54) is 6.26 Å². The fraction of sp³-hybridized carbons (Fsp3) is 0.263. The summed E-state index contributed by atoms with van der Waals surface area (Å²) in [6.07, 6.45) is 5.93. The predicted molar refractivity (Wildman–Crippen MR) is 99.6 cm³/mol. The average Bonchev–Trinajstić information content (AvgIpc) is 3.02. The molecule has 0 saturated carbocycles. The number of hydrogen-bond acceptors (Lipinski definition) is 4. The zero-order valence-electron chi connectivity index (χ0n) is 14.7. The van der Waals surface area contributed by atoms with Crippen LogP contribution in [0.1, 0.15) is 30.6 Å². The summed E-state index contributed by atoms with van der Waals surface area (Å²) < 4.78 is 24.9. The smallest absolute Gasteiger partial charge is 0.220 e. The number of benzene rings is 1. The third kappa shape index (κ3) is 4.29. The first kappa shape index (κ1) is 18.1. The minimum atomic E-state index is -3.22. The molecular weight excluding hydrogens is 350 g/mol. The summed E-state index contributed by atoms with van der Waals surface area (Å²) in [6, 6.07) is 12.2. The van der Waals surface area contributed by atoms with Crippen LogP contribution in [0.5, 0.6) is 0 Å². The summed E-state index contributed by atoms with van der Waals surface area (Å²) in [7, 11) is -3.22. The van der Waals surface area contributed by atoms with Gasteiger partial charge >= 0.3 is 0 Å². The molecule has 7 heteroatoms. The van der Waals surface area contributed by atoms with Crippen molar-refractivity contribution in [2.75, 3.05) is 6.26 Å². The van der Waals surface area contributed by atoms with Crippen molar-refractivity contribution < 1.29 is 13.2 Å². The Morgan fingerprint density at radius 3 is 2.58 bits per heavy atom. The maximum absolute atomic E-state index is 12.2. The van der Waals surface area contributed by atoms with Crippen LogP contribution in [0.25, 0.3) is 5.65 Å². The highest BCUT2D eigenvalue weighted by Crippen LogP contribution is 2.16. The van der Waals surface area contributed by atoms with Gasteiger partial charge in [0.1, 0.15) is 5.65 Å². The Kier molecular flexibility index (Phi) is 5.08. The first-order valence-corrected chi connectivity index (χ1v) is 10.2. The topological polar surface area (TPSA) is 80.5 Å². The van der Waals surface area contributed by atoms with Gasteiger partial charge in [0, 0.05) is 25.1 Å². The monoisotopic (exact) mass is 371 g/mol. The van der Waals surface area contributed by atoms with Crippen LogP contribution in [-0.2, 0) is 21.1 Å². The lowest BCUT2D eigenvalue weighted by Gasteiger charge is -2.14. The van der Waals surface area contributed by atoms with Crippen molar-refractivity contribution in [2.45, 2.75) is 30.7 Å². The number of aryl methyl sites for hydroxylation is 1. The molecule has 136 valence electrons. The van der Waals surface area contributed by atoms with Gasteiger partial charge in [-0.1, -0.05) is 18.2 Å². The van der Waals surface area contributed by atoms with Gasteiger partial charge in [-0.3, -0.25) is 4.79 Å². The Labute approximate surface area is 152 Å². The van der Waals surface area contributed by atoms with E-state index in [0.717, 1.165) is 16.9 Å². The molecule has 3 aromatic rings. The highest BCUT2D eigenvalue weighted by molar-refractivity contribution is 7.90. The van der Waals surface area contributed by atoms with Gasteiger partial charge in [-0.15, -0.1) is 0 Å². The quantitative estimate of drug-likeness (QED) is 0.722. The fourth-order valence-corrected chi connectivity index (χ4v) is 3.38. The Morgan fingerprint density at radius 1 is 1.19 bits per heavy atom. The van der Waals surface area contributed by atoms with Crippen molar-refractivity contribution in [3.63, 3.8) is 0 Å². The number of pyridine rings is 1. The molecule has 6 nitrogen and oxygen atoms in total. The van der Waals surface area contributed by atoms with Crippen molar-refractivity contribution in [1.29, 1.82) is 0 Å². The maximum atomic E-state index is 12.2. The fourth-order valence-electron chi connectivity index (χ4n) is 2.75. The Balaban J connectivity index is 1.57. The standard InChI is InChI=1S/C19H21N3O3S/c1-14(15-6-9-17(10-7-15)26(2,24)25)20-19(23)11-8-16-13-22-12-4-3-5-18(22)21-16/h3-7,9-10,12-14H,8,11H2,1-2H3,(H,20,23)/t14-/m1/s1. The summed E-state index contributed by atoms with van der Waals surface area (Å²) >= 11 is 0.